The zero-order valence-corrected chi connectivity index (χ0v) is 7.38. The van der Waals surface area contributed by atoms with E-state index in [0.29, 0.717) is 18.1 Å². The van der Waals surface area contributed by atoms with E-state index in [2.05, 4.69) is 21.9 Å². The van der Waals surface area contributed by atoms with Crippen LogP contribution in [0.2, 0.25) is 0 Å². The summed E-state index contributed by atoms with van der Waals surface area (Å²) < 4.78 is 0. The molecule has 12 heavy (non-hydrogen) atoms. The first-order chi connectivity index (χ1) is 5.79. The van der Waals surface area contributed by atoms with Crippen molar-refractivity contribution in [2.24, 2.45) is 0 Å². The van der Waals surface area contributed by atoms with Gasteiger partial charge in [-0.1, -0.05) is 18.2 Å². The number of nitrogens with zero attached hydrogens (tertiary/aromatic N) is 2. The lowest BCUT2D eigenvalue weighted by Crippen LogP contribution is -2.14. The maximum Gasteiger partial charge on any atom is 0.115 e. The Hall–Kier alpha value is -0.930. The van der Waals surface area contributed by atoms with Crippen molar-refractivity contribution >= 4 is 11.6 Å². The Morgan fingerprint density at radius 2 is 2.17 bits per heavy atom. The summed E-state index contributed by atoms with van der Waals surface area (Å²) in [6.45, 7) is 4.88. The van der Waals surface area contributed by atoms with E-state index in [1.807, 2.05) is 0 Å². The van der Waals surface area contributed by atoms with Crippen LogP contribution in [-0.2, 0) is 6.54 Å². The molecule has 0 radical (unpaired) electrons. The van der Waals surface area contributed by atoms with Crippen molar-refractivity contribution in [2.75, 3.05) is 6.54 Å². The molecule has 0 amide bonds. The monoisotopic (exact) mass is 183 g/mol. The first-order valence-corrected chi connectivity index (χ1v) is 3.94. The largest absolute Gasteiger partial charge is 0.308 e. The molecule has 0 saturated heterocycles. The van der Waals surface area contributed by atoms with Gasteiger partial charge in [0.2, 0.25) is 0 Å². The number of nitrogens with one attached hydrogen (secondary N) is 1. The topological polar surface area (TPSA) is 37.8 Å². The van der Waals surface area contributed by atoms with Gasteiger partial charge in [0.1, 0.15) is 6.33 Å². The molecular weight excluding hydrogens is 174 g/mol. The molecule has 64 valence electrons. The summed E-state index contributed by atoms with van der Waals surface area (Å²) in [5, 5.41) is 3.69. The van der Waals surface area contributed by atoms with Gasteiger partial charge in [0, 0.05) is 36.1 Å². The summed E-state index contributed by atoms with van der Waals surface area (Å²) in [6.07, 6.45) is 5.03. The zero-order chi connectivity index (χ0) is 8.81. The second-order valence-corrected chi connectivity index (χ2v) is 2.90. The van der Waals surface area contributed by atoms with Crippen molar-refractivity contribution in [1.82, 2.24) is 15.3 Å². The van der Waals surface area contributed by atoms with Crippen molar-refractivity contribution < 1.29 is 0 Å². The molecule has 4 heteroatoms. The third-order valence-corrected chi connectivity index (χ3v) is 1.39. The molecule has 1 aromatic rings. The third kappa shape index (κ3) is 3.46. The quantitative estimate of drug-likeness (QED) is 0.765. The summed E-state index contributed by atoms with van der Waals surface area (Å²) in [5.74, 6) is 0. The summed E-state index contributed by atoms with van der Waals surface area (Å²) in [7, 11) is 0. The number of rotatable bonds is 4. The summed E-state index contributed by atoms with van der Waals surface area (Å²) in [6, 6.07) is 0. The van der Waals surface area contributed by atoms with E-state index in [4.69, 9.17) is 11.6 Å². The average Bonchev–Trinajstić information content (AvgIpc) is 2.05. The molecule has 0 aliphatic carbocycles. The third-order valence-electron chi connectivity index (χ3n) is 1.26. The summed E-state index contributed by atoms with van der Waals surface area (Å²) in [4.78, 5) is 7.75. The first-order valence-electron chi connectivity index (χ1n) is 3.57. The molecule has 0 spiro atoms. The smallest absolute Gasteiger partial charge is 0.115 e. The molecular formula is C8H10ClN3. The van der Waals surface area contributed by atoms with E-state index in [1.54, 1.807) is 12.4 Å². The van der Waals surface area contributed by atoms with Crippen LogP contribution in [0, 0.1) is 0 Å². The molecule has 0 aliphatic heterocycles. The first kappa shape index (κ1) is 9.16. The van der Waals surface area contributed by atoms with Gasteiger partial charge in [-0.15, -0.1) is 0 Å². The minimum Gasteiger partial charge on any atom is -0.308 e. The number of aromatic nitrogens is 2. The Labute approximate surface area is 76.5 Å². The zero-order valence-electron chi connectivity index (χ0n) is 6.63. The predicted octanol–water partition coefficient (Wildman–Crippen LogP) is 1.32. The highest BCUT2D eigenvalue weighted by atomic mass is 35.5. The molecule has 1 N–H and O–H groups in total. The van der Waals surface area contributed by atoms with Gasteiger partial charge in [-0.3, -0.25) is 0 Å². The molecule has 0 saturated carbocycles. The molecule has 0 atom stereocenters. The number of hydrogen-bond donors (Lipinski definition) is 1. The molecule has 0 fully saturated rings. The Bertz CT molecular complexity index is 248. The molecule has 0 aromatic carbocycles. The molecule has 0 aliphatic rings. The predicted molar refractivity (Wildman–Crippen MR) is 48.7 cm³/mol. The minimum atomic E-state index is 0.604. The van der Waals surface area contributed by atoms with Crippen LogP contribution in [0.25, 0.3) is 0 Å². The van der Waals surface area contributed by atoms with Gasteiger partial charge < -0.3 is 5.32 Å². The number of halogens is 1. The molecule has 1 rings (SSSR count). The van der Waals surface area contributed by atoms with Crippen LogP contribution in [0.1, 0.15) is 5.56 Å². The van der Waals surface area contributed by atoms with Gasteiger partial charge in [-0.05, 0) is 0 Å². The number of hydrogen-bond acceptors (Lipinski definition) is 3. The molecule has 3 nitrogen and oxygen atoms in total. The van der Waals surface area contributed by atoms with Gasteiger partial charge in [-0.25, -0.2) is 9.97 Å². The fourth-order valence-electron chi connectivity index (χ4n) is 0.764. The van der Waals surface area contributed by atoms with E-state index in [0.717, 1.165) is 5.56 Å². The molecule has 0 bridgehead atoms. The van der Waals surface area contributed by atoms with Gasteiger partial charge in [0.25, 0.3) is 0 Å². The second kappa shape index (κ2) is 4.85. The standard InChI is InChI=1S/C8H10ClN3/c1-7(9)2-10-3-8-4-11-6-12-5-8/h4-6,10H,1-3H2. The summed E-state index contributed by atoms with van der Waals surface area (Å²) >= 11 is 5.56. The van der Waals surface area contributed by atoms with Crippen molar-refractivity contribution in [1.29, 1.82) is 0 Å². The van der Waals surface area contributed by atoms with Crippen molar-refractivity contribution in [3.8, 4) is 0 Å². The highest BCUT2D eigenvalue weighted by Gasteiger charge is 1.91. The van der Waals surface area contributed by atoms with Gasteiger partial charge in [-0.2, -0.15) is 0 Å². The van der Waals surface area contributed by atoms with Gasteiger partial charge in [0.15, 0.2) is 0 Å². The Morgan fingerprint density at radius 1 is 1.50 bits per heavy atom. The van der Waals surface area contributed by atoms with Crippen LogP contribution in [-0.4, -0.2) is 16.5 Å². The average molecular weight is 184 g/mol. The van der Waals surface area contributed by atoms with E-state index in [9.17, 15) is 0 Å². The molecule has 1 heterocycles. The highest BCUT2D eigenvalue weighted by molar-refractivity contribution is 6.29. The van der Waals surface area contributed by atoms with Crippen LogP contribution >= 0.6 is 11.6 Å². The summed E-state index contributed by atoms with van der Waals surface area (Å²) in [5.41, 5.74) is 1.04. The fraction of sp³-hybridized carbons (Fsp3) is 0.250. The van der Waals surface area contributed by atoms with Crippen LogP contribution in [0.5, 0.6) is 0 Å². The maximum absolute atomic E-state index is 5.56. The van der Waals surface area contributed by atoms with Crippen molar-refractivity contribution in [2.45, 2.75) is 6.54 Å². The lowest BCUT2D eigenvalue weighted by molar-refractivity contribution is 0.748. The lowest BCUT2D eigenvalue weighted by atomic mass is 10.3. The lowest BCUT2D eigenvalue weighted by Gasteiger charge is -2.01. The Morgan fingerprint density at radius 3 is 2.75 bits per heavy atom. The Balaban J connectivity index is 2.29. The van der Waals surface area contributed by atoms with Crippen LogP contribution in [0.15, 0.2) is 30.3 Å². The van der Waals surface area contributed by atoms with E-state index >= 15 is 0 Å². The fourth-order valence-corrected chi connectivity index (χ4v) is 0.858. The van der Waals surface area contributed by atoms with Gasteiger partial charge in [0.05, 0.1) is 0 Å². The molecule has 0 unspecified atom stereocenters. The van der Waals surface area contributed by atoms with Crippen LogP contribution in [0.3, 0.4) is 0 Å². The minimum absolute atomic E-state index is 0.604. The van der Waals surface area contributed by atoms with E-state index < -0.39 is 0 Å². The van der Waals surface area contributed by atoms with Gasteiger partial charge >= 0.3 is 0 Å². The van der Waals surface area contributed by atoms with Crippen LogP contribution in [0.4, 0.5) is 0 Å². The van der Waals surface area contributed by atoms with Crippen molar-refractivity contribution in [3.05, 3.63) is 35.9 Å². The van der Waals surface area contributed by atoms with Crippen LogP contribution < -0.4 is 5.32 Å². The normalized spacial score (nSPS) is 9.75. The van der Waals surface area contributed by atoms with Crippen molar-refractivity contribution in [3.63, 3.8) is 0 Å². The highest BCUT2D eigenvalue weighted by Crippen LogP contribution is 1.95. The van der Waals surface area contributed by atoms with E-state index in [-0.39, 0.29) is 0 Å². The maximum atomic E-state index is 5.56. The Kier molecular flexibility index (Phi) is 3.70. The molecule has 1 aromatic heterocycles. The second-order valence-electron chi connectivity index (χ2n) is 2.37. The van der Waals surface area contributed by atoms with E-state index in [1.165, 1.54) is 6.33 Å². The SMILES string of the molecule is C=C(Cl)CNCc1cncnc1.